The number of nitrogens with two attached hydrogens (primary N) is 1. The highest BCUT2D eigenvalue weighted by Gasteiger charge is 2.25. The minimum absolute atomic E-state index is 0.0827. The van der Waals surface area contributed by atoms with Crippen molar-refractivity contribution in [3.63, 3.8) is 0 Å². The molecule has 1 saturated heterocycles. The molecule has 6 heteroatoms. The lowest BCUT2D eigenvalue weighted by atomic mass is 10.0. The maximum Gasteiger partial charge on any atom is 0.271 e. The smallest absolute Gasteiger partial charge is 0.271 e. The lowest BCUT2D eigenvalue weighted by Gasteiger charge is -2.19. The van der Waals surface area contributed by atoms with Crippen LogP contribution in [0.2, 0.25) is 0 Å². The van der Waals surface area contributed by atoms with Crippen LogP contribution >= 0.6 is 0 Å². The highest BCUT2D eigenvalue weighted by molar-refractivity contribution is 5.97. The number of nitrogens with one attached hydrogen (secondary N) is 1. The number of carbonyl (C=O) groups excluding carboxylic acids is 1. The highest BCUT2D eigenvalue weighted by atomic mass is 16.5. The Hall–Kier alpha value is -1.56. The van der Waals surface area contributed by atoms with Crippen molar-refractivity contribution in [2.75, 3.05) is 18.9 Å². The Balaban J connectivity index is 2.01. The molecule has 1 aliphatic heterocycles. The molecule has 6 nitrogen and oxygen atoms in total. The van der Waals surface area contributed by atoms with Gasteiger partial charge in [-0.2, -0.15) is 5.10 Å². The number of rotatable bonds is 3. The van der Waals surface area contributed by atoms with Gasteiger partial charge in [-0.05, 0) is 13.3 Å². The van der Waals surface area contributed by atoms with Gasteiger partial charge in [0.2, 0.25) is 0 Å². The number of hydrogen-bond donors (Lipinski definition) is 2. The molecular weight excluding hydrogens is 220 g/mol. The molecule has 0 spiro atoms. The molecule has 1 aromatic heterocycles. The average Bonchev–Trinajstić information content (AvgIpc) is 2.88. The number of amides is 1. The summed E-state index contributed by atoms with van der Waals surface area (Å²) in [7, 11) is 1.70. The molecule has 0 bridgehead atoms. The minimum atomic E-state index is -0.179. The summed E-state index contributed by atoms with van der Waals surface area (Å²) in [4.78, 5) is 12.0. The molecule has 1 aromatic rings. The van der Waals surface area contributed by atoms with E-state index in [1.54, 1.807) is 7.05 Å². The van der Waals surface area contributed by atoms with Crippen LogP contribution in [0.5, 0.6) is 0 Å². The second-order valence-corrected chi connectivity index (χ2v) is 4.46. The molecule has 1 amide bonds. The molecule has 1 aliphatic rings. The van der Waals surface area contributed by atoms with Gasteiger partial charge in [0, 0.05) is 25.6 Å². The molecule has 2 rings (SSSR count). The van der Waals surface area contributed by atoms with E-state index in [2.05, 4.69) is 10.4 Å². The van der Waals surface area contributed by atoms with E-state index in [0.717, 1.165) is 13.0 Å². The van der Waals surface area contributed by atoms with E-state index in [1.807, 2.05) is 6.92 Å². The maximum absolute atomic E-state index is 12.0. The zero-order valence-electron chi connectivity index (χ0n) is 10.1. The summed E-state index contributed by atoms with van der Waals surface area (Å²) in [5.74, 6) is 0.204. The summed E-state index contributed by atoms with van der Waals surface area (Å²) in [5, 5.41) is 6.89. The predicted octanol–water partition coefficient (Wildman–Crippen LogP) is 0.157. The van der Waals surface area contributed by atoms with Gasteiger partial charge in [0.15, 0.2) is 0 Å². The highest BCUT2D eigenvalue weighted by Crippen LogP contribution is 2.17. The van der Waals surface area contributed by atoms with Crippen LogP contribution in [0, 0.1) is 5.92 Å². The number of ether oxygens (including phenoxy) is 1. The van der Waals surface area contributed by atoms with Crippen LogP contribution in [0.1, 0.15) is 23.8 Å². The van der Waals surface area contributed by atoms with Crippen LogP contribution in [-0.4, -0.2) is 34.9 Å². The quantitative estimate of drug-likeness (QED) is 0.785. The second-order valence-electron chi connectivity index (χ2n) is 4.46. The summed E-state index contributed by atoms with van der Waals surface area (Å²) in [6.07, 6.45) is 2.47. The Labute approximate surface area is 100 Å². The largest absolute Gasteiger partial charge is 0.396 e. The van der Waals surface area contributed by atoms with E-state index in [0.29, 0.717) is 23.9 Å². The molecule has 2 atom stereocenters. The molecule has 0 radical (unpaired) electrons. The Morgan fingerprint density at radius 1 is 1.76 bits per heavy atom. The van der Waals surface area contributed by atoms with Crippen molar-refractivity contribution >= 4 is 11.6 Å². The summed E-state index contributed by atoms with van der Waals surface area (Å²) < 4.78 is 6.79. The molecular formula is C11H18N4O2. The molecule has 2 heterocycles. The van der Waals surface area contributed by atoms with E-state index in [9.17, 15) is 4.79 Å². The van der Waals surface area contributed by atoms with E-state index >= 15 is 0 Å². The fourth-order valence-electron chi connectivity index (χ4n) is 2.07. The third kappa shape index (κ3) is 2.41. The first-order valence-electron chi connectivity index (χ1n) is 5.75. The van der Waals surface area contributed by atoms with Crippen LogP contribution in [0.25, 0.3) is 0 Å². The normalized spacial score (nSPS) is 21.4. The van der Waals surface area contributed by atoms with Crippen molar-refractivity contribution in [3.05, 3.63) is 11.9 Å². The molecule has 0 saturated carbocycles. The number of hydrogen-bond acceptors (Lipinski definition) is 4. The third-order valence-electron chi connectivity index (χ3n) is 3.21. The summed E-state index contributed by atoms with van der Waals surface area (Å²) in [6.45, 7) is 3.48. The van der Waals surface area contributed by atoms with Crippen LogP contribution in [-0.2, 0) is 11.8 Å². The lowest BCUT2D eigenvalue weighted by molar-refractivity contribution is 0.0913. The van der Waals surface area contributed by atoms with Gasteiger partial charge in [-0.1, -0.05) is 0 Å². The van der Waals surface area contributed by atoms with Gasteiger partial charge < -0.3 is 15.8 Å². The number of nitrogen functional groups attached to an aromatic ring is 1. The molecule has 0 aliphatic carbocycles. The van der Waals surface area contributed by atoms with Crippen LogP contribution in [0.3, 0.4) is 0 Å². The maximum atomic E-state index is 12.0. The Kier molecular flexibility index (Phi) is 3.33. The predicted molar refractivity (Wildman–Crippen MR) is 63.5 cm³/mol. The zero-order chi connectivity index (χ0) is 12.4. The van der Waals surface area contributed by atoms with E-state index in [1.165, 1.54) is 10.9 Å². The number of anilines is 1. The molecule has 2 unspecified atom stereocenters. The lowest BCUT2D eigenvalue weighted by Crippen LogP contribution is -2.39. The van der Waals surface area contributed by atoms with Gasteiger partial charge in [-0.25, -0.2) is 0 Å². The van der Waals surface area contributed by atoms with Gasteiger partial charge >= 0.3 is 0 Å². The van der Waals surface area contributed by atoms with Crippen molar-refractivity contribution in [2.45, 2.75) is 19.4 Å². The fourth-order valence-corrected chi connectivity index (χ4v) is 2.07. The number of carbonyl (C=O) groups is 1. The van der Waals surface area contributed by atoms with Gasteiger partial charge in [0.1, 0.15) is 5.69 Å². The topological polar surface area (TPSA) is 82.2 Å². The number of aromatic nitrogens is 2. The van der Waals surface area contributed by atoms with Gasteiger partial charge in [0.25, 0.3) is 5.91 Å². The Morgan fingerprint density at radius 2 is 2.53 bits per heavy atom. The van der Waals surface area contributed by atoms with Crippen LogP contribution in [0.4, 0.5) is 5.69 Å². The van der Waals surface area contributed by atoms with Gasteiger partial charge in [-0.15, -0.1) is 0 Å². The van der Waals surface area contributed by atoms with Crippen LogP contribution < -0.4 is 11.1 Å². The minimum Gasteiger partial charge on any atom is -0.396 e. The van der Waals surface area contributed by atoms with Crippen molar-refractivity contribution in [2.24, 2.45) is 13.0 Å². The van der Waals surface area contributed by atoms with Crippen molar-refractivity contribution in [1.82, 2.24) is 15.1 Å². The summed E-state index contributed by atoms with van der Waals surface area (Å²) >= 11 is 0. The van der Waals surface area contributed by atoms with Crippen molar-refractivity contribution in [1.29, 1.82) is 0 Å². The van der Waals surface area contributed by atoms with E-state index < -0.39 is 0 Å². The van der Waals surface area contributed by atoms with Gasteiger partial charge in [-0.3, -0.25) is 9.48 Å². The van der Waals surface area contributed by atoms with Crippen molar-refractivity contribution in [3.8, 4) is 0 Å². The zero-order valence-corrected chi connectivity index (χ0v) is 10.1. The second kappa shape index (κ2) is 4.75. The molecule has 3 N–H and O–H groups in total. The first-order valence-corrected chi connectivity index (χ1v) is 5.75. The standard InChI is InChI=1S/C11H18N4O2/c1-7(8-3-4-17-6-8)14-11(16)10-9(12)5-13-15(10)2/h5,7-8H,3-4,6,12H2,1-2H3,(H,14,16). The van der Waals surface area contributed by atoms with Gasteiger partial charge in [0.05, 0.1) is 18.5 Å². The van der Waals surface area contributed by atoms with Crippen molar-refractivity contribution < 1.29 is 9.53 Å². The van der Waals surface area contributed by atoms with E-state index in [-0.39, 0.29) is 11.9 Å². The summed E-state index contributed by atoms with van der Waals surface area (Å²) in [5.41, 5.74) is 6.52. The number of nitrogens with zero attached hydrogens (tertiary/aromatic N) is 2. The monoisotopic (exact) mass is 238 g/mol. The molecule has 1 fully saturated rings. The molecule has 94 valence electrons. The Morgan fingerprint density at radius 3 is 3.06 bits per heavy atom. The fraction of sp³-hybridized carbons (Fsp3) is 0.636. The third-order valence-corrected chi connectivity index (χ3v) is 3.21. The summed E-state index contributed by atoms with van der Waals surface area (Å²) in [6, 6.07) is 0.0827. The first kappa shape index (κ1) is 11.9. The average molecular weight is 238 g/mol. The number of aryl methyl sites for hydroxylation is 1. The SMILES string of the molecule is CC(NC(=O)c1c(N)cnn1C)C1CCOC1. The van der Waals surface area contributed by atoms with Crippen LogP contribution in [0.15, 0.2) is 6.20 Å². The van der Waals surface area contributed by atoms with E-state index in [4.69, 9.17) is 10.5 Å². The Bertz CT molecular complexity index is 390. The molecule has 0 aromatic carbocycles. The molecule has 17 heavy (non-hydrogen) atoms. The first-order chi connectivity index (χ1) is 8.09.